The summed E-state index contributed by atoms with van der Waals surface area (Å²) in [5.74, 6) is 0.780. The van der Waals surface area contributed by atoms with Gasteiger partial charge in [0.05, 0.1) is 0 Å². The Morgan fingerprint density at radius 1 is 1.55 bits per heavy atom. The van der Waals surface area contributed by atoms with Crippen LogP contribution in [0.15, 0.2) is 12.2 Å². The summed E-state index contributed by atoms with van der Waals surface area (Å²) in [7, 11) is 0. The molecule has 1 heteroatoms. The lowest BCUT2D eigenvalue weighted by Crippen LogP contribution is -2.13. The zero-order chi connectivity index (χ0) is 8.91. The van der Waals surface area contributed by atoms with Crippen molar-refractivity contribution in [1.82, 2.24) is 0 Å². The fraction of sp³-hybridized carbons (Fsp3) is 0.800. The molecule has 0 saturated heterocycles. The molecule has 1 unspecified atom stereocenters. The van der Waals surface area contributed by atoms with Crippen molar-refractivity contribution in [2.45, 2.75) is 34.1 Å². The molecule has 0 amide bonds. The van der Waals surface area contributed by atoms with Gasteiger partial charge >= 0.3 is 0 Å². The van der Waals surface area contributed by atoms with Crippen molar-refractivity contribution in [3.8, 4) is 0 Å². The van der Waals surface area contributed by atoms with Crippen LogP contribution in [-0.4, -0.2) is 11.7 Å². The average Bonchev–Trinajstić information content (AvgIpc) is 2.14. The fourth-order valence-electron chi connectivity index (χ4n) is 1.02. The molecule has 1 rings (SSSR count). The van der Waals surface area contributed by atoms with Crippen molar-refractivity contribution in [2.24, 2.45) is 11.3 Å². The van der Waals surface area contributed by atoms with Gasteiger partial charge in [-0.1, -0.05) is 32.9 Å². The van der Waals surface area contributed by atoms with Crippen molar-refractivity contribution in [2.75, 3.05) is 6.61 Å². The van der Waals surface area contributed by atoms with Crippen LogP contribution < -0.4 is 0 Å². The van der Waals surface area contributed by atoms with Crippen molar-refractivity contribution in [3.63, 3.8) is 0 Å². The lowest BCUT2D eigenvalue weighted by molar-refractivity contribution is 0.304. The van der Waals surface area contributed by atoms with Crippen molar-refractivity contribution < 1.29 is 5.11 Å². The highest BCUT2D eigenvalue weighted by atomic mass is 16.2. The van der Waals surface area contributed by atoms with Gasteiger partial charge in [0.25, 0.3) is 0 Å². The smallest absolute Gasteiger partial charge is 0.0402 e. The summed E-state index contributed by atoms with van der Waals surface area (Å²) < 4.78 is 0. The van der Waals surface area contributed by atoms with Gasteiger partial charge in [-0.2, -0.15) is 0 Å². The highest BCUT2D eigenvalue weighted by Gasteiger charge is 2.25. The summed E-state index contributed by atoms with van der Waals surface area (Å²) in [4.78, 5) is 0. The Morgan fingerprint density at radius 2 is 2.00 bits per heavy atom. The van der Waals surface area contributed by atoms with Gasteiger partial charge in [0.1, 0.15) is 0 Å². The maximum Gasteiger partial charge on any atom is 0.0402 e. The molecular weight excluding hydrogens is 136 g/mol. The minimum Gasteiger partial charge on any atom is -0.397 e. The Morgan fingerprint density at radius 3 is 2.09 bits per heavy atom. The highest BCUT2D eigenvalue weighted by molar-refractivity contribution is 5.03. The number of aliphatic hydroxyl groups excluding tert-OH is 1. The maximum absolute atomic E-state index is 7.57. The van der Waals surface area contributed by atoms with Crippen LogP contribution in [0.1, 0.15) is 34.1 Å². The van der Waals surface area contributed by atoms with E-state index in [4.69, 9.17) is 5.11 Å². The lowest BCUT2D eigenvalue weighted by Gasteiger charge is -2.22. The second kappa shape index (κ2) is 4.55. The third-order valence-electron chi connectivity index (χ3n) is 2.30. The van der Waals surface area contributed by atoms with Gasteiger partial charge in [-0.25, -0.2) is 0 Å². The standard InChI is InChI=1S/C8H14.C2H6O/c1-7-5-4-6-8(7,2)3;1-2-3/h4-5,7H,6H2,1-3H3;3H,2H2,1H3. The molecule has 1 aliphatic rings. The summed E-state index contributed by atoms with van der Waals surface area (Å²) in [6, 6.07) is 0. The molecule has 11 heavy (non-hydrogen) atoms. The molecule has 1 N–H and O–H groups in total. The number of hydrogen-bond donors (Lipinski definition) is 1. The predicted octanol–water partition coefficient (Wildman–Crippen LogP) is 2.61. The second-order valence-electron chi connectivity index (χ2n) is 3.73. The Bertz CT molecular complexity index is 125. The molecule has 1 atom stereocenters. The van der Waals surface area contributed by atoms with E-state index >= 15 is 0 Å². The minimum absolute atomic E-state index is 0.250. The summed E-state index contributed by atoms with van der Waals surface area (Å²) in [5, 5.41) is 7.57. The van der Waals surface area contributed by atoms with Gasteiger partial charge in [0, 0.05) is 6.61 Å². The quantitative estimate of drug-likeness (QED) is 0.534. The third kappa shape index (κ3) is 3.57. The molecule has 66 valence electrons. The molecule has 0 bridgehead atoms. The van der Waals surface area contributed by atoms with Gasteiger partial charge in [-0.15, -0.1) is 0 Å². The molecule has 0 aliphatic heterocycles. The Kier molecular flexibility index (Phi) is 4.43. The number of aliphatic hydroxyl groups is 1. The average molecular weight is 156 g/mol. The summed E-state index contributed by atoms with van der Waals surface area (Å²) in [6.45, 7) is 8.85. The first-order valence-corrected chi connectivity index (χ1v) is 4.32. The fourth-order valence-corrected chi connectivity index (χ4v) is 1.02. The Labute approximate surface area is 70.1 Å². The predicted molar refractivity (Wildman–Crippen MR) is 49.5 cm³/mol. The zero-order valence-corrected chi connectivity index (χ0v) is 8.09. The molecule has 1 aliphatic carbocycles. The van der Waals surface area contributed by atoms with Gasteiger partial charge in [-0.05, 0) is 24.7 Å². The molecule has 0 aromatic carbocycles. The van der Waals surface area contributed by atoms with Crippen molar-refractivity contribution >= 4 is 0 Å². The van der Waals surface area contributed by atoms with E-state index in [0.717, 1.165) is 5.92 Å². The van der Waals surface area contributed by atoms with E-state index in [0.29, 0.717) is 5.41 Å². The lowest BCUT2D eigenvalue weighted by atomic mass is 9.83. The van der Waals surface area contributed by atoms with E-state index in [-0.39, 0.29) is 6.61 Å². The van der Waals surface area contributed by atoms with Crippen molar-refractivity contribution in [3.05, 3.63) is 12.2 Å². The molecular formula is C10H20O. The van der Waals surface area contributed by atoms with E-state index in [1.54, 1.807) is 6.92 Å². The van der Waals surface area contributed by atoms with Crippen molar-refractivity contribution in [1.29, 1.82) is 0 Å². The maximum atomic E-state index is 7.57. The third-order valence-corrected chi connectivity index (χ3v) is 2.30. The summed E-state index contributed by atoms with van der Waals surface area (Å²) >= 11 is 0. The number of allylic oxidation sites excluding steroid dienone is 2. The van der Waals surface area contributed by atoms with Crippen LogP contribution in [0, 0.1) is 11.3 Å². The van der Waals surface area contributed by atoms with Gasteiger partial charge in [0.2, 0.25) is 0 Å². The molecule has 1 nitrogen and oxygen atoms in total. The molecule has 0 radical (unpaired) electrons. The molecule has 0 heterocycles. The van der Waals surface area contributed by atoms with E-state index in [9.17, 15) is 0 Å². The van der Waals surface area contributed by atoms with Crippen LogP contribution in [0.3, 0.4) is 0 Å². The van der Waals surface area contributed by atoms with Gasteiger partial charge in [0.15, 0.2) is 0 Å². The number of rotatable bonds is 0. The molecule has 0 spiro atoms. The van der Waals surface area contributed by atoms with Crippen LogP contribution >= 0.6 is 0 Å². The highest BCUT2D eigenvalue weighted by Crippen LogP contribution is 2.36. The monoisotopic (exact) mass is 156 g/mol. The molecule has 0 aromatic heterocycles. The summed E-state index contributed by atoms with van der Waals surface area (Å²) in [6.07, 6.45) is 5.85. The Hall–Kier alpha value is -0.300. The van der Waals surface area contributed by atoms with Gasteiger partial charge < -0.3 is 5.11 Å². The topological polar surface area (TPSA) is 20.2 Å². The van der Waals surface area contributed by atoms with Crippen LogP contribution in [0.2, 0.25) is 0 Å². The first-order chi connectivity index (χ1) is 5.04. The SMILES string of the molecule is CC1C=CCC1(C)C.CCO. The van der Waals surface area contributed by atoms with Crippen LogP contribution in [0.4, 0.5) is 0 Å². The van der Waals surface area contributed by atoms with E-state index in [2.05, 4.69) is 32.9 Å². The van der Waals surface area contributed by atoms with Crippen LogP contribution in [0.5, 0.6) is 0 Å². The molecule has 0 fully saturated rings. The largest absolute Gasteiger partial charge is 0.397 e. The van der Waals surface area contributed by atoms with E-state index < -0.39 is 0 Å². The zero-order valence-electron chi connectivity index (χ0n) is 8.09. The normalized spacial score (nSPS) is 26.1. The second-order valence-corrected chi connectivity index (χ2v) is 3.73. The first-order valence-electron chi connectivity index (χ1n) is 4.32. The molecule has 0 aromatic rings. The van der Waals surface area contributed by atoms with E-state index in [1.807, 2.05) is 0 Å². The van der Waals surface area contributed by atoms with Crippen LogP contribution in [-0.2, 0) is 0 Å². The first kappa shape index (κ1) is 10.7. The number of hydrogen-bond acceptors (Lipinski definition) is 1. The Balaban J connectivity index is 0.000000292. The van der Waals surface area contributed by atoms with Gasteiger partial charge in [-0.3, -0.25) is 0 Å². The summed E-state index contributed by atoms with van der Waals surface area (Å²) in [5.41, 5.74) is 0.542. The molecule has 0 saturated carbocycles. The van der Waals surface area contributed by atoms with E-state index in [1.165, 1.54) is 6.42 Å². The minimum atomic E-state index is 0.250. The van der Waals surface area contributed by atoms with Crippen LogP contribution in [0.25, 0.3) is 0 Å².